The molecule has 0 aliphatic rings. The lowest BCUT2D eigenvalue weighted by Gasteiger charge is -2.13. The SMILES string of the molecule is O=C(O)C[C@@H](NC(=O)COc1ccccc1O)C(=O)O. The summed E-state index contributed by atoms with van der Waals surface area (Å²) in [5.74, 6) is -3.71. The predicted octanol–water partition coefficient (Wildman–Crippen LogP) is -0.185. The van der Waals surface area contributed by atoms with Crippen LogP contribution in [0.1, 0.15) is 6.42 Å². The van der Waals surface area contributed by atoms with E-state index in [0.29, 0.717) is 0 Å². The number of carbonyl (C=O) groups is 3. The Bertz CT molecular complexity index is 514. The molecule has 1 atom stereocenters. The molecule has 0 heterocycles. The number of carbonyl (C=O) groups excluding carboxylic acids is 1. The summed E-state index contributed by atoms with van der Waals surface area (Å²) in [5, 5.41) is 28.6. The van der Waals surface area contributed by atoms with Crippen LogP contribution in [-0.4, -0.2) is 45.8 Å². The van der Waals surface area contributed by atoms with E-state index in [2.05, 4.69) is 0 Å². The van der Waals surface area contributed by atoms with Crippen LogP contribution < -0.4 is 10.1 Å². The van der Waals surface area contributed by atoms with Gasteiger partial charge in [-0.3, -0.25) is 9.59 Å². The number of amides is 1. The minimum atomic E-state index is -1.53. The number of phenols is 1. The second kappa shape index (κ2) is 6.98. The Morgan fingerprint density at radius 1 is 1.20 bits per heavy atom. The van der Waals surface area contributed by atoms with E-state index in [-0.39, 0.29) is 11.5 Å². The first-order valence-corrected chi connectivity index (χ1v) is 5.55. The van der Waals surface area contributed by atoms with Gasteiger partial charge in [-0.2, -0.15) is 0 Å². The summed E-state index contributed by atoms with van der Waals surface area (Å²) in [4.78, 5) is 32.6. The van der Waals surface area contributed by atoms with E-state index >= 15 is 0 Å². The van der Waals surface area contributed by atoms with Crippen molar-refractivity contribution in [2.75, 3.05) is 6.61 Å². The summed E-state index contributed by atoms with van der Waals surface area (Å²) in [6.45, 7) is -0.541. The van der Waals surface area contributed by atoms with Gasteiger partial charge in [0.25, 0.3) is 5.91 Å². The molecule has 1 amide bonds. The average molecular weight is 283 g/mol. The van der Waals surface area contributed by atoms with Gasteiger partial charge >= 0.3 is 11.9 Å². The van der Waals surface area contributed by atoms with Crippen molar-refractivity contribution in [1.82, 2.24) is 5.32 Å². The standard InChI is InChI=1S/C12H13NO7/c14-8-3-1-2-4-9(8)20-6-10(15)13-7(12(18)19)5-11(16)17/h1-4,7,14H,5-6H2,(H,13,15)(H,16,17)(H,18,19)/t7-/m1/s1. The Kier molecular flexibility index (Phi) is 5.33. The molecule has 0 unspecified atom stereocenters. The molecule has 0 radical (unpaired) electrons. The van der Waals surface area contributed by atoms with Gasteiger partial charge in [0.1, 0.15) is 6.04 Å². The number of hydrogen-bond acceptors (Lipinski definition) is 5. The normalized spacial score (nSPS) is 11.4. The third kappa shape index (κ3) is 4.84. The summed E-state index contributed by atoms with van der Waals surface area (Å²) in [6.07, 6.45) is -0.738. The quantitative estimate of drug-likeness (QED) is 0.545. The number of carboxylic acid groups (broad SMARTS) is 2. The first-order valence-electron chi connectivity index (χ1n) is 5.55. The Morgan fingerprint density at radius 3 is 2.40 bits per heavy atom. The maximum atomic E-state index is 11.5. The molecule has 4 N–H and O–H groups in total. The molecule has 20 heavy (non-hydrogen) atoms. The molecule has 8 nitrogen and oxygen atoms in total. The molecule has 0 aromatic heterocycles. The van der Waals surface area contributed by atoms with Crippen LogP contribution in [0.3, 0.4) is 0 Å². The number of hydrogen-bond donors (Lipinski definition) is 4. The van der Waals surface area contributed by atoms with Crippen molar-refractivity contribution in [3.05, 3.63) is 24.3 Å². The molecule has 0 aliphatic carbocycles. The van der Waals surface area contributed by atoms with Crippen molar-refractivity contribution >= 4 is 17.8 Å². The van der Waals surface area contributed by atoms with E-state index in [1.54, 1.807) is 12.1 Å². The maximum Gasteiger partial charge on any atom is 0.326 e. The molecule has 0 aliphatic heterocycles. The lowest BCUT2D eigenvalue weighted by atomic mass is 10.2. The van der Waals surface area contributed by atoms with Gasteiger partial charge < -0.3 is 25.4 Å². The van der Waals surface area contributed by atoms with E-state index in [1.165, 1.54) is 12.1 Å². The van der Waals surface area contributed by atoms with Crippen LogP contribution >= 0.6 is 0 Å². The number of benzene rings is 1. The van der Waals surface area contributed by atoms with Gasteiger partial charge in [-0.15, -0.1) is 0 Å². The minimum absolute atomic E-state index is 0.0627. The number of ether oxygens (including phenoxy) is 1. The van der Waals surface area contributed by atoms with Gasteiger partial charge in [-0.1, -0.05) is 12.1 Å². The summed E-state index contributed by atoms with van der Waals surface area (Å²) >= 11 is 0. The van der Waals surface area contributed by atoms with Gasteiger partial charge in [0.2, 0.25) is 0 Å². The van der Waals surface area contributed by atoms with Gasteiger partial charge in [0.15, 0.2) is 18.1 Å². The van der Waals surface area contributed by atoms with E-state index in [4.69, 9.17) is 14.9 Å². The van der Waals surface area contributed by atoms with Gasteiger partial charge in [-0.25, -0.2) is 4.79 Å². The van der Waals surface area contributed by atoms with E-state index in [0.717, 1.165) is 0 Å². The highest BCUT2D eigenvalue weighted by molar-refractivity contribution is 5.87. The van der Waals surface area contributed by atoms with Crippen LogP contribution in [0.2, 0.25) is 0 Å². The van der Waals surface area contributed by atoms with Crippen molar-refractivity contribution in [3.8, 4) is 11.5 Å². The zero-order valence-electron chi connectivity index (χ0n) is 10.3. The van der Waals surface area contributed by atoms with Crippen molar-refractivity contribution in [1.29, 1.82) is 0 Å². The minimum Gasteiger partial charge on any atom is -0.504 e. The Labute approximate surface area is 113 Å². The Hall–Kier alpha value is -2.77. The van der Waals surface area contributed by atoms with Gasteiger partial charge in [0.05, 0.1) is 6.42 Å². The molecular weight excluding hydrogens is 270 g/mol. The Morgan fingerprint density at radius 2 is 1.85 bits per heavy atom. The molecule has 0 saturated carbocycles. The second-order valence-electron chi connectivity index (χ2n) is 3.81. The Balaban J connectivity index is 2.52. The zero-order valence-corrected chi connectivity index (χ0v) is 10.3. The molecule has 0 bridgehead atoms. The van der Waals surface area contributed by atoms with Crippen LogP contribution in [-0.2, 0) is 14.4 Å². The van der Waals surface area contributed by atoms with Crippen molar-refractivity contribution < 1.29 is 34.4 Å². The summed E-state index contributed by atoms with van der Waals surface area (Å²) < 4.78 is 4.98. The lowest BCUT2D eigenvalue weighted by Crippen LogP contribution is -2.44. The first-order chi connectivity index (χ1) is 9.40. The van der Waals surface area contributed by atoms with Crippen LogP contribution in [0, 0.1) is 0 Å². The molecular formula is C12H13NO7. The third-order valence-corrected chi connectivity index (χ3v) is 2.24. The van der Waals surface area contributed by atoms with Crippen molar-refractivity contribution in [3.63, 3.8) is 0 Å². The second-order valence-corrected chi connectivity index (χ2v) is 3.81. The largest absolute Gasteiger partial charge is 0.504 e. The highest BCUT2D eigenvalue weighted by Crippen LogP contribution is 2.23. The lowest BCUT2D eigenvalue weighted by molar-refractivity contribution is -0.147. The maximum absolute atomic E-state index is 11.5. The van der Waals surface area contributed by atoms with Crippen molar-refractivity contribution in [2.24, 2.45) is 0 Å². The number of carboxylic acids is 2. The summed E-state index contributed by atoms with van der Waals surface area (Å²) in [6, 6.07) is 4.40. The monoisotopic (exact) mass is 283 g/mol. The summed E-state index contributed by atoms with van der Waals surface area (Å²) in [7, 11) is 0. The van der Waals surface area contributed by atoms with E-state index in [9.17, 15) is 19.5 Å². The fraction of sp³-hybridized carbons (Fsp3) is 0.250. The number of nitrogens with one attached hydrogen (secondary N) is 1. The van der Waals surface area contributed by atoms with Crippen molar-refractivity contribution in [2.45, 2.75) is 12.5 Å². The number of aromatic hydroxyl groups is 1. The van der Waals surface area contributed by atoms with Gasteiger partial charge in [0, 0.05) is 0 Å². The average Bonchev–Trinajstić information content (AvgIpc) is 2.36. The smallest absolute Gasteiger partial charge is 0.326 e. The zero-order chi connectivity index (χ0) is 15.1. The van der Waals surface area contributed by atoms with Crippen LogP contribution in [0.5, 0.6) is 11.5 Å². The molecule has 0 spiro atoms. The summed E-state index contributed by atoms with van der Waals surface area (Å²) in [5.41, 5.74) is 0. The number of phenolic OH excluding ortho intramolecular Hbond substituents is 1. The van der Waals surface area contributed by atoms with Crippen LogP contribution in [0.25, 0.3) is 0 Å². The molecule has 0 fully saturated rings. The predicted molar refractivity (Wildman–Crippen MR) is 65.4 cm³/mol. The number of para-hydroxylation sites is 2. The number of aliphatic carboxylic acids is 2. The fourth-order valence-electron chi connectivity index (χ4n) is 1.33. The van der Waals surface area contributed by atoms with Crippen LogP contribution in [0.15, 0.2) is 24.3 Å². The number of rotatable bonds is 7. The fourth-order valence-corrected chi connectivity index (χ4v) is 1.33. The molecule has 8 heteroatoms. The van der Waals surface area contributed by atoms with E-state index < -0.39 is 36.9 Å². The molecule has 1 rings (SSSR count). The van der Waals surface area contributed by atoms with Gasteiger partial charge in [-0.05, 0) is 12.1 Å². The van der Waals surface area contributed by atoms with Crippen LogP contribution in [0.4, 0.5) is 0 Å². The topological polar surface area (TPSA) is 133 Å². The highest BCUT2D eigenvalue weighted by Gasteiger charge is 2.23. The third-order valence-electron chi connectivity index (χ3n) is 2.24. The highest BCUT2D eigenvalue weighted by atomic mass is 16.5. The first kappa shape index (κ1) is 15.3. The molecule has 0 saturated heterocycles. The molecule has 1 aromatic rings. The van der Waals surface area contributed by atoms with E-state index in [1.807, 2.05) is 5.32 Å². The molecule has 1 aromatic carbocycles. The molecule has 108 valence electrons.